The minimum atomic E-state index is -0.0674. The fourth-order valence-corrected chi connectivity index (χ4v) is 3.91. The van der Waals surface area contributed by atoms with Crippen LogP contribution in [0.4, 0.5) is 11.4 Å². The maximum Gasteiger partial charge on any atom is 0.238 e. The summed E-state index contributed by atoms with van der Waals surface area (Å²) in [4.78, 5) is 26.0. The van der Waals surface area contributed by atoms with Gasteiger partial charge in [-0.05, 0) is 53.6 Å². The minimum Gasteiger partial charge on any atom is -0.325 e. The van der Waals surface area contributed by atoms with E-state index in [2.05, 4.69) is 55.7 Å². The number of rotatable bonds is 7. The predicted molar refractivity (Wildman–Crippen MR) is 118 cm³/mol. The highest BCUT2D eigenvalue weighted by Crippen LogP contribution is 2.30. The molecule has 1 aliphatic heterocycles. The third-order valence-electron chi connectivity index (χ3n) is 5.54. The molecule has 2 amide bonds. The summed E-state index contributed by atoms with van der Waals surface area (Å²) >= 11 is 0. The highest BCUT2D eigenvalue weighted by Gasteiger charge is 2.22. The van der Waals surface area contributed by atoms with E-state index in [1.807, 2.05) is 18.2 Å². The molecule has 0 spiro atoms. The van der Waals surface area contributed by atoms with Gasteiger partial charge in [-0.3, -0.25) is 9.59 Å². The number of nitrogens with one attached hydrogen (secondary N) is 2. The van der Waals surface area contributed by atoms with Crippen molar-refractivity contribution in [1.82, 2.24) is 5.32 Å². The lowest BCUT2D eigenvalue weighted by molar-refractivity contribution is -0.117. The Kier molecular flexibility index (Phi) is 6.70. The van der Waals surface area contributed by atoms with Gasteiger partial charge >= 0.3 is 0 Å². The predicted octanol–water partition coefficient (Wildman–Crippen LogP) is 4.08. The number of benzene rings is 2. The molecule has 1 heterocycles. The number of nitrogens with zero attached hydrogens (tertiary/aromatic N) is 1. The molecule has 0 fully saturated rings. The first-order valence-corrected chi connectivity index (χ1v) is 10.4. The van der Waals surface area contributed by atoms with Crippen LogP contribution in [-0.4, -0.2) is 24.9 Å². The molecule has 154 valence electrons. The number of fused-ring (bicyclic) bond motifs is 1. The maximum absolute atomic E-state index is 12.5. The molecule has 0 radical (unpaired) electrons. The first-order valence-electron chi connectivity index (χ1n) is 10.4. The van der Waals surface area contributed by atoms with Gasteiger partial charge in [0.05, 0.1) is 6.54 Å². The highest BCUT2D eigenvalue weighted by atomic mass is 16.2. The second-order valence-electron chi connectivity index (χ2n) is 8.01. The van der Waals surface area contributed by atoms with E-state index in [-0.39, 0.29) is 24.4 Å². The van der Waals surface area contributed by atoms with Gasteiger partial charge in [0.25, 0.3) is 0 Å². The quantitative estimate of drug-likeness (QED) is 0.745. The summed E-state index contributed by atoms with van der Waals surface area (Å²) in [5, 5.41) is 6.38. The Morgan fingerprint density at radius 2 is 1.83 bits per heavy atom. The zero-order valence-electron chi connectivity index (χ0n) is 17.8. The monoisotopic (exact) mass is 393 g/mol. The van der Waals surface area contributed by atoms with E-state index < -0.39 is 0 Å². The lowest BCUT2D eigenvalue weighted by atomic mass is 9.95. The summed E-state index contributed by atoms with van der Waals surface area (Å²) < 4.78 is 0. The van der Waals surface area contributed by atoms with Gasteiger partial charge in [-0.2, -0.15) is 0 Å². The van der Waals surface area contributed by atoms with Gasteiger partial charge in [-0.25, -0.2) is 0 Å². The van der Waals surface area contributed by atoms with Crippen LogP contribution in [0.3, 0.4) is 0 Å². The van der Waals surface area contributed by atoms with Crippen LogP contribution in [0.1, 0.15) is 50.4 Å². The van der Waals surface area contributed by atoms with Crippen LogP contribution in [0.2, 0.25) is 0 Å². The lowest BCUT2D eigenvalue weighted by Crippen LogP contribution is -2.33. The van der Waals surface area contributed by atoms with E-state index >= 15 is 0 Å². The number of hydrogen-bond acceptors (Lipinski definition) is 3. The molecule has 1 aliphatic rings. The summed E-state index contributed by atoms with van der Waals surface area (Å²) in [7, 11) is 0. The standard InChI is InChI=1S/C24H31N3O2/c1-5-18-6-8-19(9-7-18)24(16(2)3)25-15-23(29)26-21-10-11-22-20(14-21)12-13-27(22)17(4)28/h6-11,14,16,24-25H,5,12-13,15H2,1-4H3,(H,26,29). The van der Waals surface area contributed by atoms with Crippen molar-refractivity contribution in [3.63, 3.8) is 0 Å². The Morgan fingerprint density at radius 3 is 2.45 bits per heavy atom. The van der Waals surface area contributed by atoms with Gasteiger partial charge in [-0.1, -0.05) is 45.0 Å². The fourth-order valence-electron chi connectivity index (χ4n) is 3.91. The average molecular weight is 394 g/mol. The van der Waals surface area contributed by atoms with E-state index in [0.717, 1.165) is 29.8 Å². The molecule has 29 heavy (non-hydrogen) atoms. The Bertz CT molecular complexity index is 874. The molecular formula is C24H31N3O2. The molecule has 2 N–H and O–H groups in total. The fraction of sp³-hybridized carbons (Fsp3) is 0.417. The Morgan fingerprint density at radius 1 is 1.10 bits per heavy atom. The zero-order valence-corrected chi connectivity index (χ0v) is 17.8. The van der Waals surface area contributed by atoms with E-state index in [0.29, 0.717) is 12.5 Å². The molecule has 1 unspecified atom stereocenters. The third kappa shape index (κ3) is 5.04. The molecule has 0 saturated carbocycles. The number of amides is 2. The molecule has 0 bridgehead atoms. The van der Waals surface area contributed by atoms with Crippen molar-refractivity contribution in [3.8, 4) is 0 Å². The topological polar surface area (TPSA) is 61.4 Å². The summed E-state index contributed by atoms with van der Waals surface area (Å²) in [6.45, 7) is 8.99. The second kappa shape index (κ2) is 9.23. The molecule has 0 aromatic heterocycles. The second-order valence-corrected chi connectivity index (χ2v) is 8.01. The highest BCUT2D eigenvalue weighted by molar-refractivity contribution is 5.96. The van der Waals surface area contributed by atoms with Gasteiger partial charge in [0.1, 0.15) is 0 Å². The maximum atomic E-state index is 12.5. The van der Waals surface area contributed by atoms with Crippen LogP contribution in [0, 0.1) is 5.92 Å². The van der Waals surface area contributed by atoms with Gasteiger partial charge in [-0.15, -0.1) is 0 Å². The molecule has 1 atom stereocenters. The van der Waals surface area contributed by atoms with Crippen LogP contribution in [-0.2, 0) is 22.4 Å². The first-order chi connectivity index (χ1) is 13.9. The number of anilines is 2. The van der Waals surface area contributed by atoms with Crippen molar-refractivity contribution < 1.29 is 9.59 Å². The zero-order chi connectivity index (χ0) is 21.0. The van der Waals surface area contributed by atoms with E-state index in [1.165, 1.54) is 11.1 Å². The Balaban J connectivity index is 1.60. The van der Waals surface area contributed by atoms with Gasteiger partial charge in [0.15, 0.2) is 0 Å². The average Bonchev–Trinajstić information content (AvgIpc) is 3.12. The molecule has 0 saturated heterocycles. The van der Waals surface area contributed by atoms with Crippen molar-refractivity contribution in [3.05, 3.63) is 59.2 Å². The summed E-state index contributed by atoms with van der Waals surface area (Å²) in [5.74, 6) is 0.353. The van der Waals surface area contributed by atoms with Crippen LogP contribution in [0.25, 0.3) is 0 Å². The molecule has 3 rings (SSSR count). The molecule has 2 aromatic carbocycles. The smallest absolute Gasteiger partial charge is 0.238 e. The van der Waals surface area contributed by atoms with Crippen LogP contribution >= 0.6 is 0 Å². The van der Waals surface area contributed by atoms with Crippen molar-refractivity contribution in [2.45, 2.75) is 46.6 Å². The normalized spacial score (nSPS) is 14.0. The van der Waals surface area contributed by atoms with Crippen LogP contribution in [0.5, 0.6) is 0 Å². The summed E-state index contributed by atoms with van der Waals surface area (Å²) in [5.41, 5.74) is 5.33. The van der Waals surface area contributed by atoms with Gasteiger partial charge in [0.2, 0.25) is 11.8 Å². The van der Waals surface area contributed by atoms with Crippen molar-refractivity contribution in [2.24, 2.45) is 5.92 Å². The minimum absolute atomic E-state index is 0.0523. The number of carbonyl (C=O) groups is 2. The van der Waals surface area contributed by atoms with E-state index in [9.17, 15) is 9.59 Å². The van der Waals surface area contributed by atoms with Crippen molar-refractivity contribution in [1.29, 1.82) is 0 Å². The van der Waals surface area contributed by atoms with Gasteiger partial charge < -0.3 is 15.5 Å². The van der Waals surface area contributed by atoms with Crippen LogP contribution < -0.4 is 15.5 Å². The van der Waals surface area contributed by atoms with Crippen molar-refractivity contribution in [2.75, 3.05) is 23.3 Å². The Labute approximate surface area is 173 Å². The SMILES string of the molecule is CCc1ccc(C(NCC(=O)Nc2ccc3c(c2)CCN3C(C)=O)C(C)C)cc1. The van der Waals surface area contributed by atoms with Gasteiger partial charge in [0, 0.05) is 30.9 Å². The van der Waals surface area contributed by atoms with Crippen LogP contribution in [0.15, 0.2) is 42.5 Å². The van der Waals surface area contributed by atoms with Crippen molar-refractivity contribution >= 4 is 23.2 Å². The lowest BCUT2D eigenvalue weighted by Gasteiger charge is -2.23. The largest absolute Gasteiger partial charge is 0.325 e. The molecule has 5 nitrogen and oxygen atoms in total. The molecular weight excluding hydrogens is 362 g/mol. The molecule has 0 aliphatic carbocycles. The molecule has 5 heteroatoms. The Hall–Kier alpha value is -2.66. The number of hydrogen-bond donors (Lipinski definition) is 2. The third-order valence-corrected chi connectivity index (χ3v) is 5.54. The summed E-state index contributed by atoms with van der Waals surface area (Å²) in [6, 6.07) is 14.5. The number of aryl methyl sites for hydroxylation is 1. The van der Waals surface area contributed by atoms with E-state index in [1.54, 1.807) is 11.8 Å². The molecule has 2 aromatic rings. The summed E-state index contributed by atoms with van der Waals surface area (Å²) in [6.07, 6.45) is 1.84. The number of carbonyl (C=O) groups excluding carboxylic acids is 2. The van der Waals surface area contributed by atoms with E-state index in [4.69, 9.17) is 0 Å². The first kappa shape index (κ1) is 21.1.